The minimum atomic E-state index is -5.04. The number of carbonyl (C=O) groups is 1. The lowest BCUT2D eigenvalue weighted by molar-refractivity contribution is -0.143. The fourth-order valence-electron chi connectivity index (χ4n) is 7.20. The van der Waals surface area contributed by atoms with Crippen molar-refractivity contribution in [3.05, 3.63) is 94.9 Å². The largest absolute Gasteiger partial charge is 0.472 e. The molecule has 2 N–H and O–H groups in total. The van der Waals surface area contributed by atoms with Crippen LogP contribution in [0.1, 0.15) is 77.9 Å². The van der Waals surface area contributed by atoms with E-state index in [4.69, 9.17) is 4.42 Å². The van der Waals surface area contributed by atoms with E-state index in [2.05, 4.69) is 22.0 Å². The number of halogens is 6. The Morgan fingerprint density at radius 3 is 2.20 bits per heavy atom. The Morgan fingerprint density at radius 2 is 1.61 bits per heavy atom. The summed E-state index contributed by atoms with van der Waals surface area (Å²) in [6, 6.07) is 12.3. The average Bonchev–Trinajstić information content (AvgIpc) is 3.63. The van der Waals surface area contributed by atoms with E-state index in [-0.39, 0.29) is 18.7 Å². The number of piperidine rings is 1. The van der Waals surface area contributed by atoms with Crippen molar-refractivity contribution in [1.82, 2.24) is 20.0 Å². The van der Waals surface area contributed by atoms with Crippen molar-refractivity contribution in [3.8, 4) is 0 Å². The third-order valence-corrected chi connectivity index (χ3v) is 9.78. The van der Waals surface area contributed by atoms with Crippen molar-refractivity contribution in [3.63, 3.8) is 0 Å². The number of hydrogen-bond donors (Lipinski definition) is 2. The Labute approximate surface area is 282 Å². The molecule has 1 amide bonds. The number of aliphatic hydroxyl groups is 1. The van der Waals surface area contributed by atoms with Crippen LogP contribution in [0.5, 0.6) is 0 Å². The van der Waals surface area contributed by atoms with E-state index in [1.165, 1.54) is 17.4 Å². The molecule has 3 heterocycles. The lowest BCUT2D eigenvalue weighted by Crippen LogP contribution is -2.58. The molecule has 5 rings (SSSR count). The highest BCUT2D eigenvalue weighted by Gasteiger charge is 2.40. The van der Waals surface area contributed by atoms with Crippen molar-refractivity contribution >= 4 is 5.91 Å². The Kier molecular flexibility index (Phi) is 12.1. The zero-order valence-corrected chi connectivity index (χ0v) is 27.5. The molecule has 2 aliphatic rings. The van der Waals surface area contributed by atoms with Gasteiger partial charge >= 0.3 is 12.4 Å². The minimum absolute atomic E-state index is 0.0519. The van der Waals surface area contributed by atoms with E-state index >= 15 is 0 Å². The maximum absolute atomic E-state index is 13.8. The molecule has 3 aromatic rings. The number of likely N-dealkylation sites (tertiary alicyclic amines) is 1. The van der Waals surface area contributed by atoms with Crippen LogP contribution in [0.25, 0.3) is 0 Å². The second-order valence-electron chi connectivity index (χ2n) is 13.0. The van der Waals surface area contributed by atoms with Gasteiger partial charge in [-0.1, -0.05) is 43.7 Å². The molecule has 2 saturated heterocycles. The van der Waals surface area contributed by atoms with Gasteiger partial charge in [0.05, 0.1) is 23.7 Å². The van der Waals surface area contributed by atoms with Gasteiger partial charge in [-0.25, -0.2) is 0 Å². The Bertz CT molecular complexity index is 1440. The highest BCUT2D eigenvalue weighted by molar-refractivity contribution is 5.95. The highest BCUT2D eigenvalue weighted by atomic mass is 19.4. The van der Waals surface area contributed by atoms with E-state index in [9.17, 15) is 36.2 Å². The van der Waals surface area contributed by atoms with Gasteiger partial charge in [-0.15, -0.1) is 0 Å². The van der Waals surface area contributed by atoms with E-state index < -0.39 is 47.2 Å². The van der Waals surface area contributed by atoms with E-state index in [1.807, 2.05) is 30.3 Å². The van der Waals surface area contributed by atoms with Crippen LogP contribution in [0.3, 0.4) is 0 Å². The molecule has 2 aromatic carbocycles. The van der Waals surface area contributed by atoms with Crippen LogP contribution in [0.2, 0.25) is 0 Å². The summed E-state index contributed by atoms with van der Waals surface area (Å²) in [6.45, 7) is 6.34. The number of carbonyl (C=O) groups excluding carboxylic acids is 1. The van der Waals surface area contributed by atoms with Gasteiger partial charge in [0.15, 0.2) is 0 Å². The predicted octanol–water partition coefficient (Wildman–Crippen LogP) is 6.99. The summed E-state index contributed by atoms with van der Waals surface area (Å²) in [4.78, 5) is 20.1. The highest BCUT2D eigenvalue weighted by Crippen LogP contribution is 2.37. The van der Waals surface area contributed by atoms with Crippen LogP contribution >= 0.6 is 0 Å². The normalized spacial score (nSPS) is 21.1. The summed E-state index contributed by atoms with van der Waals surface area (Å²) in [7, 11) is 0. The van der Waals surface area contributed by atoms with Crippen LogP contribution in [0.15, 0.2) is 71.5 Å². The van der Waals surface area contributed by atoms with Crippen molar-refractivity contribution in [2.24, 2.45) is 0 Å². The van der Waals surface area contributed by atoms with Gasteiger partial charge in [-0.3, -0.25) is 19.9 Å². The van der Waals surface area contributed by atoms with Crippen LogP contribution in [-0.4, -0.2) is 83.1 Å². The zero-order chi connectivity index (χ0) is 35.2. The van der Waals surface area contributed by atoms with Crippen LogP contribution in [-0.2, 0) is 18.8 Å². The molecule has 4 atom stereocenters. The molecule has 0 bridgehead atoms. The number of nitrogens with zero attached hydrogens (tertiary/aromatic N) is 3. The molecule has 49 heavy (non-hydrogen) atoms. The van der Waals surface area contributed by atoms with Crippen LogP contribution in [0, 0.1) is 0 Å². The lowest BCUT2D eigenvalue weighted by atomic mass is 9.90. The van der Waals surface area contributed by atoms with Gasteiger partial charge in [0.1, 0.15) is 6.23 Å². The van der Waals surface area contributed by atoms with Gasteiger partial charge in [-0.05, 0) is 68.5 Å². The molecular formula is C36H44F6N4O3. The molecule has 268 valence electrons. The zero-order valence-electron chi connectivity index (χ0n) is 27.5. The predicted molar refractivity (Wildman–Crippen MR) is 173 cm³/mol. The number of nitrogens with one attached hydrogen (secondary N) is 1. The Hall–Kier alpha value is -3.39. The molecule has 2 fully saturated rings. The quantitative estimate of drug-likeness (QED) is 0.157. The van der Waals surface area contributed by atoms with E-state index in [0.29, 0.717) is 49.5 Å². The standard InChI is InChI=1S/C36H44F6N4O3/c1-2-6-30(9-12-43-33(47)26-11-18-49-24-26)44-14-16-45(17-15-44)31-10-13-46(32(23-31)19-25-7-4-3-5-8-25)34(48)27-20-28(35(37,38)39)22-29(21-27)36(40,41)42/h3-5,7-8,11,18,20-22,24,30-33,43,47H,2,6,9-10,12-17,19,23H2,1H3. The van der Waals surface area contributed by atoms with Gasteiger partial charge in [0.2, 0.25) is 0 Å². The SMILES string of the molecule is CCCC(CCNC(O)c1ccoc1)N1CCN(C2CCN(C(=O)c3cc(C(F)(F)F)cc(C(F)(F)F)c3)C(Cc3ccccc3)C2)CC1. The van der Waals surface area contributed by atoms with Crippen LogP contribution < -0.4 is 5.32 Å². The Morgan fingerprint density at radius 1 is 0.939 bits per heavy atom. The third-order valence-electron chi connectivity index (χ3n) is 9.78. The van der Waals surface area contributed by atoms with Gasteiger partial charge in [0.25, 0.3) is 5.91 Å². The third kappa shape index (κ3) is 9.65. The number of piperazine rings is 1. The monoisotopic (exact) mass is 694 g/mol. The average molecular weight is 695 g/mol. The number of aliphatic hydroxyl groups excluding tert-OH is 1. The first kappa shape index (κ1) is 36.9. The summed E-state index contributed by atoms with van der Waals surface area (Å²) in [5, 5.41) is 13.5. The second-order valence-corrected chi connectivity index (χ2v) is 13.0. The van der Waals surface area contributed by atoms with Crippen molar-refractivity contribution in [2.75, 3.05) is 39.3 Å². The molecule has 0 spiro atoms. The molecule has 0 radical (unpaired) electrons. The first-order valence-electron chi connectivity index (χ1n) is 16.9. The minimum Gasteiger partial charge on any atom is -0.472 e. The lowest BCUT2D eigenvalue weighted by Gasteiger charge is -2.47. The number of amides is 1. The van der Waals surface area contributed by atoms with Gasteiger partial charge in [0, 0.05) is 62.0 Å². The molecule has 4 unspecified atom stereocenters. The summed E-state index contributed by atoms with van der Waals surface area (Å²) >= 11 is 0. The second kappa shape index (κ2) is 16.1. The number of rotatable bonds is 12. The molecule has 0 saturated carbocycles. The summed E-state index contributed by atoms with van der Waals surface area (Å²) in [6.07, 6.45) is -3.36. The summed E-state index contributed by atoms with van der Waals surface area (Å²) in [5.74, 6) is -0.824. The number of benzene rings is 2. The maximum Gasteiger partial charge on any atom is 0.416 e. The molecule has 7 nitrogen and oxygen atoms in total. The topological polar surface area (TPSA) is 72.2 Å². The first-order valence-corrected chi connectivity index (χ1v) is 16.9. The van der Waals surface area contributed by atoms with E-state index in [0.717, 1.165) is 51.0 Å². The van der Waals surface area contributed by atoms with E-state index in [1.54, 1.807) is 6.07 Å². The van der Waals surface area contributed by atoms with Gasteiger partial charge < -0.3 is 14.4 Å². The summed E-state index contributed by atoms with van der Waals surface area (Å²) < 4.78 is 86.7. The van der Waals surface area contributed by atoms with Crippen molar-refractivity contribution in [2.45, 2.75) is 82.2 Å². The van der Waals surface area contributed by atoms with Crippen LogP contribution in [0.4, 0.5) is 26.3 Å². The number of alkyl halides is 6. The van der Waals surface area contributed by atoms with Crippen molar-refractivity contribution < 1.29 is 40.7 Å². The smallest absolute Gasteiger partial charge is 0.416 e. The maximum atomic E-state index is 13.8. The number of furan rings is 1. The molecular weight excluding hydrogens is 650 g/mol. The molecule has 13 heteroatoms. The fourth-order valence-corrected chi connectivity index (χ4v) is 7.20. The summed E-state index contributed by atoms with van der Waals surface area (Å²) in [5.41, 5.74) is -1.99. The first-order chi connectivity index (χ1) is 23.3. The Balaban J connectivity index is 1.26. The molecule has 2 aliphatic heterocycles. The number of hydrogen-bond acceptors (Lipinski definition) is 6. The molecule has 0 aliphatic carbocycles. The molecule has 1 aromatic heterocycles. The van der Waals surface area contributed by atoms with Crippen molar-refractivity contribution in [1.29, 1.82) is 0 Å². The van der Waals surface area contributed by atoms with Gasteiger partial charge in [-0.2, -0.15) is 26.3 Å². The fraction of sp³-hybridized carbons (Fsp3) is 0.528.